The van der Waals surface area contributed by atoms with Gasteiger partial charge in [-0.25, -0.2) is 0 Å². The topological polar surface area (TPSA) is 78.4 Å². The molecule has 0 aromatic rings. The number of carbonyl (C=O) groups is 2. The highest BCUT2D eigenvalue weighted by Gasteiger charge is 2.37. The van der Waals surface area contributed by atoms with Crippen LogP contribution in [0.25, 0.3) is 0 Å². The van der Waals surface area contributed by atoms with Crippen molar-refractivity contribution in [1.29, 1.82) is 0 Å². The molecule has 1 unspecified atom stereocenters. The Kier molecular flexibility index (Phi) is 4.04. The van der Waals surface area contributed by atoms with Gasteiger partial charge in [0.15, 0.2) is 0 Å². The molecule has 1 aliphatic rings. The third kappa shape index (κ3) is 3.48. The highest BCUT2D eigenvalue weighted by Crippen LogP contribution is 2.21. The predicted molar refractivity (Wildman–Crippen MR) is 68.9 cm³/mol. The number of aliphatic hydroxyl groups excluding tert-OH is 1. The third-order valence-corrected chi connectivity index (χ3v) is 2.54. The molecule has 2 amide bonds. The first-order chi connectivity index (χ1) is 8.11. The summed E-state index contributed by atoms with van der Waals surface area (Å²) in [7, 11) is 0. The van der Waals surface area contributed by atoms with Crippen molar-refractivity contribution in [2.75, 3.05) is 0 Å². The van der Waals surface area contributed by atoms with Crippen LogP contribution in [-0.4, -0.2) is 28.5 Å². The Morgan fingerprint density at radius 3 is 2.44 bits per heavy atom. The Balaban J connectivity index is 2.89. The van der Waals surface area contributed by atoms with Gasteiger partial charge in [-0.15, -0.1) is 0 Å². The van der Waals surface area contributed by atoms with E-state index < -0.39 is 23.4 Å². The second kappa shape index (κ2) is 5.00. The molecule has 0 fully saturated rings. The average molecular weight is 254 g/mol. The zero-order valence-electron chi connectivity index (χ0n) is 11.6. The fourth-order valence-corrected chi connectivity index (χ4v) is 1.85. The van der Waals surface area contributed by atoms with Gasteiger partial charge in [-0.2, -0.15) is 0 Å². The van der Waals surface area contributed by atoms with E-state index in [9.17, 15) is 14.7 Å². The summed E-state index contributed by atoms with van der Waals surface area (Å²) in [6.07, 6.45) is 0.615. The summed E-state index contributed by atoms with van der Waals surface area (Å²) in [6.45, 7) is 9.45. The quantitative estimate of drug-likeness (QED) is 0.663. The van der Waals surface area contributed by atoms with Crippen molar-refractivity contribution in [2.45, 2.75) is 52.6 Å². The maximum atomic E-state index is 11.9. The van der Waals surface area contributed by atoms with Crippen LogP contribution >= 0.6 is 0 Å². The lowest BCUT2D eigenvalue weighted by atomic mass is 10.0. The molecular formula is C13H22N2O3. The molecule has 0 radical (unpaired) electrons. The molecule has 1 atom stereocenters. The molecule has 0 saturated heterocycles. The monoisotopic (exact) mass is 254 g/mol. The van der Waals surface area contributed by atoms with Crippen LogP contribution in [0, 0.1) is 5.92 Å². The second-order valence-corrected chi connectivity index (χ2v) is 6.12. The molecule has 0 aliphatic carbocycles. The number of rotatable bonds is 3. The van der Waals surface area contributed by atoms with E-state index in [-0.39, 0.29) is 11.3 Å². The number of carbonyl (C=O) groups excluding carboxylic acids is 2. The molecule has 0 spiro atoms. The Morgan fingerprint density at radius 2 is 2.00 bits per heavy atom. The van der Waals surface area contributed by atoms with Gasteiger partial charge in [0.1, 0.15) is 11.3 Å². The highest BCUT2D eigenvalue weighted by atomic mass is 16.3. The fraction of sp³-hybridized carbons (Fsp3) is 0.692. The van der Waals surface area contributed by atoms with Crippen molar-refractivity contribution in [3.63, 3.8) is 0 Å². The van der Waals surface area contributed by atoms with E-state index in [0.29, 0.717) is 12.3 Å². The molecule has 0 aromatic carbocycles. The molecule has 1 heterocycles. The Morgan fingerprint density at radius 1 is 1.44 bits per heavy atom. The van der Waals surface area contributed by atoms with E-state index >= 15 is 0 Å². The van der Waals surface area contributed by atoms with E-state index in [1.165, 1.54) is 0 Å². The van der Waals surface area contributed by atoms with Crippen LogP contribution in [0.15, 0.2) is 11.3 Å². The van der Waals surface area contributed by atoms with Gasteiger partial charge in [0.2, 0.25) is 0 Å². The minimum absolute atomic E-state index is 0.143. The Bertz CT molecular complexity index is 392. The third-order valence-electron chi connectivity index (χ3n) is 2.54. The predicted octanol–water partition coefficient (Wildman–Crippen LogP) is 1.26. The van der Waals surface area contributed by atoms with Crippen molar-refractivity contribution in [3.05, 3.63) is 11.3 Å². The van der Waals surface area contributed by atoms with Crippen LogP contribution in [0.5, 0.6) is 0 Å². The van der Waals surface area contributed by atoms with Crippen molar-refractivity contribution in [3.8, 4) is 0 Å². The van der Waals surface area contributed by atoms with Crippen LogP contribution in [0.3, 0.4) is 0 Å². The van der Waals surface area contributed by atoms with Gasteiger partial charge in [-0.1, -0.05) is 13.8 Å². The molecule has 5 heteroatoms. The normalized spacial score (nSPS) is 20.3. The second-order valence-electron chi connectivity index (χ2n) is 6.12. The highest BCUT2D eigenvalue weighted by molar-refractivity contribution is 6.20. The van der Waals surface area contributed by atoms with Gasteiger partial charge >= 0.3 is 0 Å². The summed E-state index contributed by atoms with van der Waals surface area (Å²) in [5, 5.41) is 15.3. The van der Waals surface area contributed by atoms with Gasteiger partial charge in [0.05, 0.1) is 6.04 Å². The molecule has 5 nitrogen and oxygen atoms in total. The van der Waals surface area contributed by atoms with E-state index in [2.05, 4.69) is 10.6 Å². The van der Waals surface area contributed by atoms with Crippen LogP contribution < -0.4 is 10.6 Å². The van der Waals surface area contributed by atoms with Crippen LogP contribution in [0.2, 0.25) is 0 Å². The first-order valence-electron chi connectivity index (χ1n) is 6.18. The van der Waals surface area contributed by atoms with Crippen LogP contribution in [-0.2, 0) is 9.59 Å². The Hall–Kier alpha value is -1.52. The van der Waals surface area contributed by atoms with E-state index in [0.717, 1.165) is 0 Å². The van der Waals surface area contributed by atoms with Gasteiger partial charge in [-0.05, 0) is 33.1 Å². The zero-order valence-corrected chi connectivity index (χ0v) is 11.6. The van der Waals surface area contributed by atoms with E-state index in [1.54, 1.807) is 0 Å². The summed E-state index contributed by atoms with van der Waals surface area (Å²) in [5.74, 6) is -0.846. The molecule has 0 bridgehead atoms. The van der Waals surface area contributed by atoms with Gasteiger partial charge in [0, 0.05) is 5.54 Å². The van der Waals surface area contributed by atoms with Crippen LogP contribution in [0.4, 0.5) is 0 Å². The first-order valence-corrected chi connectivity index (χ1v) is 6.18. The molecular weight excluding hydrogens is 232 g/mol. The number of hydrogen-bond donors (Lipinski definition) is 3. The number of amides is 2. The lowest BCUT2D eigenvalue weighted by molar-refractivity contribution is -0.123. The van der Waals surface area contributed by atoms with Crippen molar-refractivity contribution in [2.24, 2.45) is 5.92 Å². The summed E-state index contributed by atoms with van der Waals surface area (Å²) >= 11 is 0. The summed E-state index contributed by atoms with van der Waals surface area (Å²) in [5.41, 5.74) is -0.601. The molecule has 1 rings (SSSR count). The van der Waals surface area contributed by atoms with Gasteiger partial charge in [0.25, 0.3) is 11.8 Å². The van der Waals surface area contributed by atoms with Crippen molar-refractivity contribution < 1.29 is 14.7 Å². The summed E-state index contributed by atoms with van der Waals surface area (Å²) in [6, 6.07) is -0.446. The van der Waals surface area contributed by atoms with Gasteiger partial charge in [-0.3, -0.25) is 9.59 Å². The van der Waals surface area contributed by atoms with Gasteiger partial charge < -0.3 is 15.7 Å². The maximum Gasteiger partial charge on any atom is 0.261 e. The molecule has 0 saturated carbocycles. The summed E-state index contributed by atoms with van der Waals surface area (Å²) < 4.78 is 0. The van der Waals surface area contributed by atoms with Crippen molar-refractivity contribution >= 4 is 11.8 Å². The maximum absolute atomic E-state index is 11.9. The average Bonchev–Trinajstić information content (AvgIpc) is 2.37. The molecule has 1 aliphatic heterocycles. The van der Waals surface area contributed by atoms with E-state index in [4.69, 9.17) is 0 Å². The number of hydrogen-bond acceptors (Lipinski definition) is 3. The summed E-state index contributed by atoms with van der Waals surface area (Å²) in [4.78, 5) is 23.6. The lowest BCUT2D eigenvalue weighted by Gasteiger charge is -2.20. The standard InChI is InChI=1S/C13H22N2O3/c1-7(2)6-8-10(16)9(11(17)14-8)12(18)15-13(3,4)5/h7-8,16H,6H2,1-5H3,(H,14,17)(H,15,18). The lowest BCUT2D eigenvalue weighted by Crippen LogP contribution is -2.43. The number of nitrogens with one attached hydrogen (secondary N) is 2. The molecule has 18 heavy (non-hydrogen) atoms. The molecule has 102 valence electrons. The first kappa shape index (κ1) is 14.5. The molecule has 3 N–H and O–H groups in total. The number of aliphatic hydroxyl groups is 1. The molecule has 0 aromatic heterocycles. The van der Waals surface area contributed by atoms with Crippen LogP contribution in [0.1, 0.15) is 41.0 Å². The SMILES string of the molecule is CC(C)CC1NC(=O)C(C(=O)NC(C)(C)C)=C1O. The minimum Gasteiger partial charge on any atom is -0.509 e. The largest absolute Gasteiger partial charge is 0.509 e. The minimum atomic E-state index is -0.524. The Labute approximate surface area is 108 Å². The smallest absolute Gasteiger partial charge is 0.261 e. The van der Waals surface area contributed by atoms with Crippen molar-refractivity contribution in [1.82, 2.24) is 10.6 Å². The fourth-order valence-electron chi connectivity index (χ4n) is 1.85. The zero-order chi connectivity index (χ0) is 14.1. The van der Waals surface area contributed by atoms with E-state index in [1.807, 2.05) is 34.6 Å².